The van der Waals surface area contributed by atoms with Crippen LogP contribution in [0.4, 0.5) is 0 Å². The van der Waals surface area contributed by atoms with Gasteiger partial charge < -0.3 is 10.6 Å². The van der Waals surface area contributed by atoms with Crippen molar-refractivity contribution in [1.82, 2.24) is 15.5 Å². The Bertz CT molecular complexity index is 472. The predicted octanol–water partition coefficient (Wildman–Crippen LogP) is 2.75. The first-order chi connectivity index (χ1) is 10.8. The second kappa shape index (κ2) is 10.9. The molecule has 2 saturated heterocycles. The fraction of sp³-hybridized carbons (Fsp3) is 0.611. The first kappa shape index (κ1) is 21.2. The van der Waals surface area contributed by atoms with Crippen molar-refractivity contribution >= 4 is 30.7 Å². The number of carbonyl (C=O) groups excluding carboxylic acids is 1. The Morgan fingerprint density at radius 3 is 2.42 bits per heavy atom. The fourth-order valence-electron chi connectivity index (χ4n) is 3.45. The molecule has 2 N–H and O–H groups in total. The largest absolute Gasteiger partial charge is 0.352 e. The Kier molecular flexibility index (Phi) is 9.67. The first-order valence-corrected chi connectivity index (χ1v) is 8.61. The standard InChI is InChI=1S/C18H27N3O.2ClH/c22-18(17-8-4-5-11-19-17)20-16-9-12-21(13-10-16)14-15-6-2-1-3-7-15;;/h1-3,6-7,16-17,19H,4-5,8-14H2,(H,20,22);2*1H. The van der Waals surface area contributed by atoms with Crippen molar-refractivity contribution in [2.24, 2.45) is 0 Å². The minimum absolute atomic E-state index is 0. The van der Waals surface area contributed by atoms with Crippen molar-refractivity contribution < 1.29 is 4.79 Å². The van der Waals surface area contributed by atoms with Crippen LogP contribution in [0.15, 0.2) is 30.3 Å². The SMILES string of the molecule is Cl.Cl.O=C(NC1CCN(Cc2ccccc2)CC1)C1CCCCN1. The number of benzene rings is 1. The van der Waals surface area contributed by atoms with Gasteiger partial charge in [-0.05, 0) is 37.8 Å². The molecule has 0 aromatic heterocycles. The number of hydrogen-bond donors (Lipinski definition) is 2. The van der Waals surface area contributed by atoms with Gasteiger partial charge in [-0.3, -0.25) is 9.69 Å². The summed E-state index contributed by atoms with van der Waals surface area (Å²) in [6.07, 6.45) is 5.47. The van der Waals surface area contributed by atoms with Crippen LogP contribution in [0, 0.1) is 0 Å². The van der Waals surface area contributed by atoms with E-state index >= 15 is 0 Å². The highest BCUT2D eigenvalue weighted by molar-refractivity contribution is 5.85. The molecule has 1 atom stereocenters. The lowest BCUT2D eigenvalue weighted by atomic mass is 10.0. The molecule has 0 saturated carbocycles. The molecule has 2 aliphatic rings. The van der Waals surface area contributed by atoms with E-state index in [1.165, 1.54) is 18.4 Å². The number of nitrogens with one attached hydrogen (secondary N) is 2. The lowest BCUT2D eigenvalue weighted by Crippen LogP contribution is -2.52. The van der Waals surface area contributed by atoms with E-state index in [4.69, 9.17) is 0 Å². The van der Waals surface area contributed by atoms with Crippen molar-refractivity contribution in [1.29, 1.82) is 0 Å². The maximum atomic E-state index is 12.3. The van der Waals surface area contributed by atoms with Gasteiger partial charge in [-0.1, -0.05) is 36.8 Å². The van der Waals surface area contributed by atoms with E-state index < -0.39 is 0 Å². The van der Waals surface area contributed by atoms with Crippen LogP contribution in [0.25, 0.3) is 0 Å². The van der Waals surface area contributed by atoms with E-state index in [1.54, 1.807) is 0 Å². The lowest BCUT2D eigenvalue weighted by molar-refractivity contribution is -0.124. The van der Waals surface area contributed by atoms with Crippen molar-refractivity contribution in [2.75, 3.05) is 19.6 Å². The highest BCUT2D eigenvalue weighted by atomic mass is 35.5. The number of amides is 1. The van der Waals surface area contributed by atoms with Crippen LogP contribution in [-0.2, 0) is 11.3 Å². The Morgan fingerprint density at radius 2 is 1.79 bits per heavy atom. The summed E-state index contributed by atoms with van der Waals surface area (Å²) in [6, 6.07) is 11.0. The van der Waals surface area contributed by atoms with Gasteiger partial charge >= 0.3 is 0 Å². The third-order valence-corrected chi connectivity index (χ3v) is 4.81. The average Bonchev–Trinajstić information content (AvgIpc) is 2.58. The zero-order valence-corrected chi connectivity index (χ0v) is 15.7. The van der Waals surface area contributed by atoms with Crippen LogP contribution in [0.1, 0.15) is 37.7 Å². The van der Waals surface area contributed by atoms with Gasteiger partial charge in [0, 0.05) is 25.7 Å². The third-order valence-electron chi connectivity index (χ3n) is 4.81. The molecule has 0 spiro atoms. The van der Waals surface area contributed by atoms with Gasteiger partial charge in [0.2, 0.25) is 5.91 Å². The Hall–Kier alpha value is -0.810. The molecule has 24 heavy (non-hydrogen) atoms. The normalized spacial score (nSPS) is 22.1. The molecule has 1 aromatic rings. The van der Waals surface area contributed by atoms with E-state index in [1.807, 2.05) is 0 Å². The molecule has 1 amide bonds. The van der Waals surface area contributed by atoms with E-state index in [0.717, 1.165) is 45.4 Å². The summed E-state index contributed by atoms with van der Waals surface area (Å²) in [4.78, 5) is 14.7. The van der Waals surface area contributed by atoms with Gasteiger partial charge in [-0.15, -0.1) is 24.8 Å². The summed E-state index contributed by atoms with van der Waals surface area (Å²) >= 11 is 0. The Balaban J connectivity index is 0.00000144. The van der Waals surface area contributed by atoms with Crippen LogP contribution < -0.4 is 10.6 Å². The second-order valence-electron chi connectivity index (χ2n) is 6.55. The van der Waals surface area contributed by atoms with E-state index in [-0.39, 0.29) is 36.8 Å². The van der Waals surface area contributed by atoms with Crippen molar-refractivity contribution in [3.63, 3.8) is 0 Å². The van der Waals surface area contributed by atoms with E-state index in [0.29, 0.717) is 6.04 Å². The number of likely N-dealkylation sites (tertiary alicyclic amines) is 1. The zero-order chi connectivity index (χ0) is 15.2. The van der Waals surface area contributed by atoms with Crippen molar-refractivity contribution in [3.8, 4) is 0 Å². The molecule has 0 aliphatic carbocycles. The minimum Gasteiger partial charge on any atom is -0.352 e. The molecule has 0 bridgehead atoms. The van der Waals surface area contributed by atoms with Crippen LogP contribution in [-0.4, -0.2) is 42.5 Å². The number of carbonyl (C=O) groups is 1. The molecule has 2 aliphatic heterocycles. The van der Waals surface area contributed by atoms with E-state index in [2.05, 4.69) is 45.9 Å². The second-order valence-corrected chi connectivity index (χ2v) is 6.55. The molecule has 0 radical (unpaired) electrons. The Morgan fingerprint density at radius 1 is 1.08 bits per heavy atom. The summed E-state index contributed by atoms with van der Waals surface area (Å²) in [5.41, 5.74) is 1.37. The van der Waals surface area contributed by atoms with E-state index in [9.17, 15) is 4.79 Å². The number of hydrogen-bond acceptors (Lipinski definition) is 3. The van der Waals surface area contributed by atoms with Gasteiger partial charge in [0.1, 0.15) is 0 Å². The molecule has 4 nitrogen and oxygen atoms in total. The van der Waals surface area contributed by atoms with Gasteiger partial charge in [-0.25, -0.2) is 0 Å². The highest BCUT2D eigenvalue weighted by Gasteiger charge is 2.25. The van der Waals surface area contributed by atoms with Gasteiger partial charge in [0.15, 0.2) is 0 Å². The van der Waals surface area contributed by atoms with Crippen LogP contribution in [0.5, 0.6) is 0 Å². The maximum absolute atomic E-state index is 12.3. The molecule has 136 valence electrons. The third kappa shape index (κ3) is 6.25. The summed E-state index contributed by atoms with van der Waals surface area (Å²) in [7, 11) is 0. The number of rotatable bonds is 4. The molecular weight excluding hydrogens is 345 g/mol. The van der Waals surface area contributed by atoms with Gasteiger partial charge in [0.05, 0.1) is 6.04 Å². The number of piperidine rings is 2. The molecule has 2 heterocycles. The van der Waals surface area contributed by atoms with Gasteiger partial charge in [-0.2, -0.15) is 0 Å². The van der Waals surface area contributed by atoms with Crippen molar-refractivity contribution in [3.05, 3.63) is 35.9 Å². The summed E-state index contributed by atoms with van der Waals surface area (Å²) < 4.78 is 0. The maximum Gasteiger partial charge on any atom is 0.237 e. The van der Waals surface area contributed by atoms with Gasteiger partial charge in [0.25, 0.3) is 0 Å². The lowest BCUT2D eigenvalue weighted by Gasteiger charge is -2.33. The fourth-order valence-corrected chi connectivity index (χ4v) is 3.45. The molecule has 2 fully saturated rings. The minimum atomic E-state index is 0. The average molecular weight is 374 g/mol. The molecule has 3 rings (SSSR count). The highest BCUT2D eigenvalue weighted by Crippen LogP contribution is 2.15. The van der Waals surface area contributed by atoms with Crippen LogP contribution >= 0.6 is 24.8 Å². The molecule has 1 unspecified atom stereocenters. The smallest absolute Gasteiger partial charge is 0.237 e. The predicted molar refractivity (Wildman–Crippen MR) is 103 cm³/mol. The molecular formula is C18H29Cl2N3O. The summed E-state index contributed by atoms with van der Waals surface area (Å²) in [6.45, 7) is 4.13. The molecule has 6 heteroatoms. The Labute approximate surface area is 157 Å². The zero-order valence-electron chi connectivity index (χ0n) is 14.1. The quantitative estimate of drug-likeness (QED) is 0.852. The van der Waals surface area contributed by atoms with Crippen LogP contribution in [0.3, 0.4) is 0 Å². The van der Waals surface area contributed by atoms with Crippen LogP contribution in [0.2, 0.25) is 0 Å². The summed E-state index contributed by atoms with van der Waals surface area (Å²) in [5.74, 6) is 0.209. The first-order valence-electron chi connectivity index (χ1n) is 8.61. The number of nitrogens with zero attached hydrogens (tertiary/aromatic N) is 1. The number of halogens is 2. The summed E-state index contributed by atoms with van der Waals surface area (Å²) in [5, 5.41) is 6.57. The molecule has 1 aromatic carbocycles. The topological polar surface area (TPSA) is 44.4 Å². The monoisotopic (exact) mass is 373 g/mol. The van der Waals surface area contributed by atoms with Crippen molar-refractivity contribution in [2.45, 2.75) is 50.7 Å².